The molecule has 236 valence electrons. The molecule has 5 atom stereocenters. The van der Waals surface area contributed by atoms with Crippen LogP contribution in [0.1, 0.15) is 44.3 Å². The van der Waals surface area contributed by atoms with Crippen molar-refractivity contribution in [2.24, 2.45) is 0 Å². The van der Waals surface area contributed by atoms with Crippen LogP contribution in [0.5, 0.6) is 0 Å². The van der Waals surface area contributed by atoms with E-state index in [1.165, 1.54) is 6.92 Å². The Morgan fingerprint density at radius 3 is 1.91 bits per heavy atom. The summed E-state index contributed by atoms with van der Waals surface area (Å²) in [5, 5.41) is 3.58. The van der Waals surface area contributed by atoms with Crippen LogP contribution in [0.3, 0.4) is 0 Å². The molecule has 0 aliphatic carbocycles. The number of amides is 1. The monoisotopic (exact) mass is 673 g/mol. The second-order valence-electron chi connectivity index (χ2n) is 10.9. The highest BCUT2D eigenvalue weighted by molar-refractivity contribution is 6.39. The molecule has 1 amide bonds. The number of Topliss-reactive ketones (excluding diaryl/α,β-unsaturated/α-hetero) is 1. The van der Waals surface area contributed by atoms with Gasteiger partial charge in [-0.3, -0.25) is 14.4 Å². The van der Waals surface area contributed by atoms with Crippen LogP contribution < -0.4 is 5.32 Å². The lowest BCUT2D eigenvalue weighted by Crippen LogP contribution is -2.46. The number of esters is 2. The summed E-state index contributed by atoms with van der Waals surface area (Å²) in [5.41, 5.74) is 2.56. The van der Waals surface area contributed by atoms with E-state index in [1.807, 2.05) is 0 Å². The average molecular weight is 675 g/mol. The van der Waals surface area contributed by atoms with E-state index >= 15 is 0 Å². The van der Waals surface area contributed by atoms with E-state index in [2.05, 4.69) is 5.32 Å². The van der Waals surface area contributed by atoms with Crippen molar-refractivity contribution in [3.05, 3.63) is 104 Å². The van der Waals surface area contributed by atoms with Crippen molar-refractivity contribution < 1.29 is 38.1 Å². The van der Waals surface area contributed by atoms with Gasteiger partial charge in [-0.05, 0) is 41.8 Å². The van der Waals surface area contributed by atoms with Crippen molar-refractivity contribution in [2.75, 3.05) is 13.2 Å². The molecule has 0 aromatic heterocycles. The van der Waals surface area contributed by atoms with Crippen molar-refractivity contribution in [1.82, 2.24) is 5.32 Å². The van der Waals surface area contributed by atoms with Gasteiger partial charge in [0.1, 0.15) is 18.2 Å². The lowest BCUT2D eigenvalue weighted by Gasteiger charge is -2.23. The van der Waals surface area contributed by atoms with Crippen molar-refractivity contribution in [2.45, 2.75) is 57.1 Å². The molecule has 2 saturated heterocycles. The summed E-state index contributed by atoms with van der Waals surface area (Å²) in [6.45, 7) is 3.21. The average Bonchev–Trinajstić information content (AvgIpc) is 3.56. The SMILES string of the molecule is CC(=O)O[C@H]1CO[C@@H]2C(OC(=O)C(Cc3ccc(CC(=O)c4c(Cl)cccc4Cl)cc3)NC(=O)c3c(C)cccc3Cl)CO[C@H]12. The maximum Gasteiger partial charge on any atom is 0.329 e. The second-order valence-corrected chi connectivity index (χ2v) is 12.1. The fourth-order valence-electron chi connectivity index (χ4n) is 5.49. The van der Waals surface area contributed by atoms with E-state index in [1.54, 1.807) is 67.6 Å². The highest BCUT2D eigenvalue weighted by atomic mass is 35.5. The molecule has 2 aliphatic heterocycles. The third kappa shape index (κ3) is 7.68. The van der Waals surface area contributed by atoms with Gasteiger partial charge in [0.25, 0.3) is 5.91 Å². The Bertz CT molecular complexity index is 1570. The van der Waals surface area contributed by atoms with Crippen molar-refractivity contribution in [3.63, 3.8) is 0 Å². The van der Waals surface area contributed by atoms with Crippen LogP contribution in [-0.2, 0) is 41.4 Å². The van der Waals surface area contributed by atoms with Gasteiger partial charge in [-0.2, -0.15) is 0 Å². The second kappa shape index (κ2) is 14.3. The predicted molar refractivity (Wildman–Crippen MR) is 167 cm³/mol. The Balaban J connectivity index is 1.31. The molecule has 9 nitrogen and oxygen atoms in total. The van der Waals surface area contributed by atoms with Gasteiger partial charge in [-0.25, -0.2) is 4.79 Å². The fourth-order valence-corrected chi connectivity index (χ4v) is 6.40. The summed E-state index contributed by atoms with van der Waals surface area (Å²) in [4.78, 5) is 51.3. The molecule has 5 rings (SSSR count). The maximum atomic E-state index is 13.6. The van der Waals surface area contributed by atoms with Gasteiger partial charge in [0.15, 0.2) is 18.0 Å². The molecule has 2 aliphatic rings. The number of hydrogen-bond acceptors (Lipinski definition) is 8. The first-order valence-corrected chi connectivity index (χ1v) is 15.4. The van der Waals surface area contributed by atoms with E-state index in [0.717, 1.165) is 0 Å². The van der Waals surface area contributed by atoms with E-state index in [-0.39, 0.29) is 58.0 Å². The first-order chi connectivity index (χ1) is 21.5. The van der Waals surface area contributed by atoms with Gasteiger partial charge < -0.3 is 24.3 Å². The molecule has 0 radical (unpaired) electrons. The molecule has 3 aromatic rings. The zero-order chi connectivity index (χ0) is 32.2. The van der Waals surface area contributed by atoms with Crippen LogP contribution in [0, 0.1) is 6.92 Å². The molecule has 2 fully saturated rings. The lowest BCUT2D eigenvalue weighted by molar-refractivity contribution is -0.156. The van der Waals surface area contributed by atoms with Crippen LogP contribution >= 0.6 is 34.8 Å². The number of ether oxygens (including phenoxy) is 4. The first-order valence-electron chi connectivity index (χ1n) is 14.2. The van der Waals surface area contributed by atoms with Crippen LogP contribution in [-0.4, -0.2) is 67.3 Å². The number of benzene rings is 3. The normalized spacial score (nSPS) is 21.1. The minimum absolute atomic E-state index is 0.0430. The number of ketones is 1. The summed E-state index contributed by atoms with van der Waals surface area (Å²) in [7, 11) is 0. The molecule has 45 heavy (non-hydrogen) atoms. The quantitative estimate of drug-likeness (QED) is 0.226. The minimum atomic E-state index is -1.10. The smallest absolute Gasteiger partial charge is 0.329 e. The number of fused-ring (bicyclic) bond motifs is 1. The van der Waals surface area contributed by atoms with Crippen LogP contribution in [0.25, 0.3) is 0 Å². The van der Waals surface area contributed by atoms with E-state index in [0.29, 0.717) is 16.7 Å². The predicted octanol–water partition coefficient (Wildman–Crippen LogP) is 5.36. The van der Waals surface area contributed by atoms with Gasteiger partial charge >= 0.3 is 11.9 Å². The van der Waals surface area contributed by atoms with Gasteiger partial charge in [0, 0.05) is 19.8 Å². The largest absolute Gasteiger partial charge is 0.457 e. The molecule has 12 heteroatoms. The lowest BCUT2D eigenvalue weighted by atomic mass is 9.99. The standard InChI is InChI=1S/C33H30Cl3NO8/c1-17-5-3-6-21(34)28(17)32(40)37-24(33(41)45-27-16-43-30-26(44-18(2)38)15-42-31(27)30)13-19-9-11-20(12-10-19)14-25(39)29-22(35)7-4-8-23(29)36/h3-12,24,26-27,30-31H,13-16H2,1-2H3,(H,37,40)/t24?,26-,27?,30+,31+/m0/s1. The summed E-state index contributed by atoms with van der Waals surface area (Å²) < 4.78 is 22.6. The van der Waals surface area contributed by atoms with Gasteiger partial charge in [0.05, 0.1) is 39.4 Å². The Kier molecular flexibility index (Phi) is 10.5. The Morgan fingerprint density at radius 1 is 0.800 bits per heavy atom. The molecular weight excluding hydrogens is 645 g/mol. The number of halogens is 3. The molecule has 0 bridgehead atoms. The van der Waals surface area contributed by atoms with Crippen LogP contribution in [0.4, 0.5) is 0 Å². The van der Waals surface area contributed by atoms with Gasteiger partial charge in [-0.1, -0.05) is 77.3 Å². The summed E-state index contributed by atoms with van der Waals surface area (Å²) in [6.07, 6.45) is -2.41. The van der Waals surface area contributed by atoms with Crippen LogP contribution in [0.2, 0.25) is 15.1 Å². The third-order valence-corrected chi connectivity index (χ3v) is 8.60. The Hall–Kier alpha value is -3.47. The summed E-state index contributed by atoms with van der Waals surface area (Å²) >= 11 is 18.7. The topological polar surface area (TPSA) is 117 Å². The molecule has 0 spiro atoms. The number of nitrogens with one attached hydrogen (secondary N) is 1. The molecule has 3 aromatic carbocycles. The third-order valence-electron chi connectivity index (χ3n) is 7.66. The first kappa shape index (κ1) is 32.9. The van der Waals surface area contributed by atoms with Gasteiger partial charge in [0.2, 0.25) is 0 Å². The minimum Gasteiger partial charge on any atom is -0.457 e. The summed E-state index contributed by atoms with van der Waals surface area (Å²) in [6, 6.07) is 15.9. The summed E-state index contributed by atoms with van der Waals surface area (Å²) in [5.74, 6) is -1.93. The van der Waals surface area contributed by atoms with Crippen molar-refractivity contribution in [3.8, 4) is 0 Å². The molecule has 0 saturated carbocycles. The maximum absolute atomic E-state index is 13.6. The van der Waals surface area contributed by atoms with Gasteiger partial charge in [-0.15, -0.1) is 0 Å². The fraction of sp³-hybridized carbons (Fsp3) is 0.333. The zero-order valence-electron chi connectivity index (χ0n) is 24.4. The number of carbonyl (C=O) groups is 4. The number of rotatable bonds is 10. The highest BCUT2D eigenvalue weighted by Crippen LogP contribution is 2.31. The van der Waals surface area contributed by atoms with E-state index in [4.69, 9.17) is 53.8 Å². The molecule has 2 unspecified atom stereocenters. The van der Waals surface area contributed by atoms with Crippen LogP contribution in [0.15, 0.2) is 60.7 Å². The number of carbonyl (C=O) groups excluding carboxylic acids is 4. The number of hydrogen-bond donors (Lipinski definition) is 1. The highest BCUT2D eigenvalue weighted by Gasteiger charge is 2.51. The Morgan fingerprint density at radius 2 is 1.33 bits per heavy atom. The number of aryl methyl sites for hydroxylation is 1. The molecule has 2 heterocycles. The van der Waals surface area contributed by atoms with Crippen molar-refractivity contribution in [1.29, 1.82) is 0 Å². The van der Waals surface area contributed by atoms with E-state index < -0.39 is 48.3 Å². The zero-order valence-corrected chi connectivity index (χ0v) is 26.7. The molecular formula is C33H30Cl3NO8. The Labute approximate surface area is 275 Å². The van der Waals surface area contributed by atoms with Crippen molar-refractivity contribution >= 4 is 58.4 Å². The molecule has 1 N–H and O–H groups in total. The van der Waals surface area contributed by atoms with E-state index in [9.17, 15) is 19.2 Å².